The highest BCUT2D eigenvalue weighted by Gasteiger charge is 2.28. The number of hydrogen-bond donors (Lipinski definition) is 0. The molecule has 0 saturated carbocycles. The lowest BCUT2D eigenvalue weighted by Crippen LogP contribution is -2.08. The SMILES string of the molecule is CCc1ccc(/C=C2\Oc3cc(OC(=O)c4cccc(C)c4)ccc3C2=O)cc1. The third-order valence-corrected chi connectivity index (χ3v) is 4.79. The maximum absolute atomic E-state index is 12.6. The first-order chi connectivity index (χ1) is 14.0. The molecule has 4 nitrogen and oxygen atoms in total. The Bertz CT molecular complexity index is 1120. The second-order valence-electron chi connectivity index (χ2n) is 6.95. The van der Waals surface area contributed by atoms with E-state index in [1.807, 2.05) is 37.3 Å². The van der Waals surface area contributed by atoms with Crippen molar-refractivity contribution in [3.05, 3.63) is 100 Å². The summed E-state index contributed by atoms with van der Waals surface area (Å²) in [5.41, 5.74) is 4.03. The maximum atomic E-state index is 12.6. The highest BCUT2D eigenvalue weighted by atomic mass is 16.5. The second-order valence-corrected chi connectivity index (χ2v) is 6.95. The lowest BCUT2D eigenvalue weighted by molar-refractivity contribution is 0.0734. The molecule has 0 fully saturated rings. The van der Waals surface area contributed by atoms with E-state index >= 15 is 0 Å². The lowest BCUT2D eigenvalue weighted by Gasteiger charge is -2.06. The van der Waals surface area contributed by atoms with Gasteiger partial charge in [-0.25, -0.2) is 4.79 Å². The third kappa shape index (κ3) is 3.97. The van der Waals surface area contributed by atoms with Crippen LogP contribution in [-0.4, -0.2) is 11.8 Å². The molecule has 4 rings (SSSR count). The summed E-state index contributed by atoms with van der Waals surface area (Å²) in [6.07, 6.45) is 2.68. The Balaban J connectivity index is 1.53. The summed E-state index contributed by atoms with van der Waals surface area (Å²) >= 11 is 0. The van der Waals surface area contributed by atoms with Crippen LogP contribution < -0.4 is 9.47 Å². The summed E-state index contributed by atoms with van der Waals surface area (Å²) < 4.78 is 11.2. The minimum absolute atomic E-state index is 0.184. The smallest absolute Gasteiger partial charge is 0.343 e. The van der Waals surface area contributed by atoms with Gasteiger partial charge in [0.2, 0.25) is 5.78 Å². The summed E-state index contributed by atoms with van der Waals surface area (Å²) in [7, 11) is 0. The first-order valence-corrected chi connectivity index (χ1v) is 9.49. The molecule has 1 aliphatic rings. The van der Waals surface area contributed by atoms with E-state index in [1.54, 1.807) is 42.5 Å². The van der Waals surface area contributed by atoms with Crippen LogP contribution >= 0.6 is 0 Å². The van der Waals surface area contributed by atoms with Gasteiger partial charge in [-0.05, 0) is 54.8 Å². The van der Waals surface area contributed by atoms with Crippen LogP contribution in [0.5, 0.6) is 11.5 Å². The normalized spacial score (nSPS) is 13.9. The van der Waals surface area contributed by atoms with E-state index in [-0.39, 0.29) is 11.5 Å². The molecule has 4 heteroatoms. The molecule has 0 aromatic heterocycles. The first kappa shape index (κ1) is 18.7. The number of esters is 1. The summed E-state index contributed by atoms with van der Waals surface area (Å²) in [4.78, 5) is 25.0. The van der Waals surface area contributed by atoms with Crippen molar-refractivity contribution >= 4 is 17.8 Å². The molecule has 0 saturated heterocycles. The molecule has 0 unspecified atom stereocenters. The molecular formula is C25H20O4. The number of fused-ring (bicyclic) bond motifs is 1. The summed E-state index contributed by atoms with van der Waals surface area (Å²) in [5.74, 6) is 0.338. The molecule has 144 valence electrons. The molecule has 1 heterocycles. The average molecular weight is 384 g/mol. The minimum atomic E-state index is -0.454. The van der Waals surface area contributed by atoms with Crippen LogP contribution in [0.1, 0.15) is 44.3 Å². The highest BCUT2D eigenvalue weighted by Crippen LogP contribution is 2.35. The first-order valence-electron chi connectivity index (χ1n) is 9.49. The fourth-order valence-corrected chi connectivity index (χ4v) is 3.17. The Morgan fingerprint density at radius 1 is 1.03 bits per heavy atom. The number of Topliss-reactive ketones (excluding diaryl/α,β-unsaturated/α-hetero) is 1. The van der Waals surface area contributed by atoms with Gasteiger partial charge in [0.1, 0.15) is 11.5 Å². The van der Waals surface area contributed by atoms with E-state index in [4.69, 9.17) is 9.47 Å². The second kappa shape index (κ2) is 7.76. The number of carbonyl (C=O) groups excluding carboxylic acids is 2. The van der Waals surface area contributed by atoms with E-state index in [0.717, 1.165) is 17.5 Å². The predicted octanol–water partition coefficient (Wildman–Crippen LogP) is 5.39. The molecule has 0 amide bonds. The number of hydrogen-bond acceptors (Lipinski definition) is 4. The van der Waals surface area contributed by atoms with Crippen molar-refractivity contribution in [3.8, 4) is 11.5 Å². The number of benzene rings is 3. The molecule has 3 aromatic rings. The zero-order valence-corrected chi connectivity index (χ0v) is 16.3. The van der Waals surface area contributed by atoms with E-state index in [9.17, 15) is 9.59 Å². The quantitative estimate of drug-likeness (QED) is 0.344. The molecule has 3 aromatic carbocycles. The van der Waals surface area contributed by atoms with Gasteiger partial charge in [0.15, 0.2) is 5.76 Å². The molecule has 0 radical (unpaired) electrons. The lowest BCUT2D eigenvalue weighted by atomic mass is 10.1. The summed E-state index contributed by atoms with van der Waals surface area (Å²) in [6.45, 7) is 4.01. The van der Waals surface area contributed by atoms with Crippen LogP contribution in [0.2, 0.25) is 0 Å². The minimum Gasteiger partial charge on any atom is -0.452 e. The molecule has 0 aliphatic carbocycles. The van der Waals surface area contributed by atoms with E-state index in [0.29, 0.717) is 22.6 Å². The number of ketones is 1. The predicted molar refractivity (Wildman–Crippen MR) is 111 cm³/mol. The number of carbonyl (C=O) groups is 2. The fraction of sp³-hybridized carbons (Fsp3) is 0.120. The Hall–Kier alpha value is -3.66. The standard InChI is InChI=1S/C25H20O4/c1-3-17-7-9-18(10-8-17)14-23-24(26)21-12-11-20(15-22(21)29-23)28-25(27)19-6-4-5-16(2)13-19/h4-15H,3H2,1-2H3/b23-14-. The number of ether oxygens (including phenoxy) is 2. The van der Waals surface area contributed by atoms with Crippen LogP contribution in [0, 0.1) is 6.92 Å². The van der Waals surface area contributed by atoms with Gasteiger partial charge in [-0.3, -0.25) is 4.79 Å². The van der Waals surface area contributed by atoms with Crippen molar-refractivity contribution in [3.63, 3.8) is 0 Å². The van der Waals surface area contributed by atoms with E-state index < -0.39 is 5.97 Å². The molecule has 0 bridgehead atoms. The highest BCUT2D eigenvalue weighted by molar-refractivity contribution is 6.14. The largest absolute Gasteiger partial charge is 0.452 e. The van der Waals surface area contributed by atoms with Gasteiger partial charge < -0.3 is 9.47 Å². The third-order valence-electron chi connectivity index (χ3n) is 4.79. The Kier molecular flexibility index (Phi) is 5.00. The topological polar surface area (TPSA) is 52.6 Å². The van der Waals surface area contributed by atoms with Crippen molar-refractivity contribution in [1.29, 1.82) is 0 Å². The Labute approximate surface area is 169 Å². The van der Waals surface area contributed by atoms with Crippen LogP contribution in [-0.2, 0) is 6.42 Å². The van der Waals surface area contributed by atoms with Gasteiger partial charge in [0.05, 0.1) is 11.1 Å². The van der Waals surface area contributed by atoms with Crippen LogP contribution in [0.3, 0.4) is 0 Å². The van der Waals surface area contributed by atoms with Gasteiger partial charge in [-0.2, -0.15) is 0 Å². The Morgan fingerprint density at radius 3 is 2.55 bits per heavy atom. The van der Waals surface area contributed by atoms with Gasteiger partial charge >= 0.3 is 5.97 Å². The molecular weight excluding hydrogens is 364 g/mol. The van der Waals surface area contributed by atoms with Gasteiger partial charge in [-0.1, -0.05) is 48.9 Å². The molecule has 0 spiro atoms. The van der Waals surface area contributed by atoms with Crippen molar-refractivity contribution in [2.75, 3.05) is 0 Å². The monoisotopic (exact) mass is 384 g/mol. The van der Waals surface area contributed by atoms with Crippen LogP contribution in [0.4, 0.5) is 0 Å². The van der Waals surface area contributed by atoms with Crippen LogP contribution in [0.15, 0.2) is 72.5 Å². The van der Waals surface area contributed by atoms with Crippen LogP contribution in [0.25, 0.3) is 6.08 Å². The Morgan fingerprint density at radius 2 is 1.83 bits per heavy atom. The van der Waals surface area contributed by atoms with Gasteiger partial charge in [0, 0.05) is 6.07 Å². The molecule has 0 N–H and O–H groups in total. The maximum Gasteiger partial charge on any atom is 0.343 e. The average Bonchev–Trinajstić information content (AvgIpc) is 3.03. The van der Waals surface area contributed by atoms with E-state index in [2.05, 4.69) is 6.92 Å². The summed E-state index contributed by atoms with van der Waals surface area (Å²) in [6, 6.07) is 20.0. The number of allylic oxidation sites excluding steroid dienone is 1. The molecule has 0 atom stereocenters. The number of aryl methyl sites for hydroxylation is 2. The van der Waals surface area contributed by atoms with E-state index in [1.165, 1.54) is 5.56 Å². The number of rotatable bonds is 4. The van der Waals surface area contributed by atoms with Crippen molar-refractivity contribution < 1.29 is 19.1 Å². The van der Waals surface area contributed by atoms with Gasteiger partial charge in [-0.15, -0.1) is 0 Å². The molecule has 29 heavy (non-hydrogen) atoms. The fourth-order valence-electron chi connectivity index (χ4n) is 3.17. The zero-order chi connectivity index (χ0) is 20.4. The van der Waals surface area contributed by atoms with Gasteiger partial charge in [0.25, 0.3) is 0 Å². The zero-order valence-electron chi connectivity index (χ0n) is 16.3. The van der Waals surface area contributed by atoms with Crippen molar-refractivity contribution in [1.82, 2.24) is 0 Å². The summed E-state index contributed by atoms with van der Waals surface area (Å²) in [5, 5.41) is 0. The molecule has 1 aliphatic heterocycles. The van der Waals surface area contributed by atoms with Crippen molar-refractivity contribution in [2.24, 2.45) is 0 Å². The van der Waals surface area contributed by atoms with Crippen molar-refractivity contribution in [2.45, 2.75) is 20.3 Å².